The summed E-state index contributed by atoms with van der Waals surface area (Å²) < 4.78 is 19.8. The Morgan fingerprint density at radius 2 is 2.29 bits per heavy atom. The first kappa shape index (κ1) is 20.2. The summed E-state index contributed by atoms with van der Waals surface area (Å²) in [5, 5.41) is 21.2. The average molecular weight is 408 g/mol. The summed E-state index contributed by atoms with van der Waals surface area (Å²) in [7, 11) is 0. The van der Waals surface area contributed by atoms with Gasteiger partial charge in [-0.05, 0) is 31.5 Å². The number of carbonyl (C=O) groups is 2. The number of benzene rings is 1. The number of anilines is 1. The molecule has 1 fully saturated rings. The van der Waals surface area contributed by atoms with Gasteiger partial charge in [-0.25, -0.2) is 9.18 Å². The number of ether oxygens (including phenoxy) is 1. The molecule has 0 radical (unpaired) electrons. The largest absolute Gasteiger partial charge is 0.442 e. The van der Waals surface area contributed by atoms with Crippen molar-refractivity contribution in [2.24, 2.45) is 0 Å². The maximum Gasteiger partial charge on any atom is 0.414 e. The molecule has 2 N–H and O–H groups in total. The minimum atomic E-state index is -0.584. The lowest BCUT2D eigenvalue weighted by Gasteiger charge is -2.14. The fourth-order valence-electron chi connectivity index (χ4n) is 2.74. The Kier molecular flexibility index (Phi) is 6.20. The maximum absolute atomic E-state index is 14.7. The van der Waals surface area contributed by atoms with Crippen LogP contribution in [0.4, 0.5) is 14.9 Å². The lowest BCUT2D eigenvalue weighted by Crippen LogP contribution is -2.33. The molecule has 3 rings (SSSR count). The number of aryl methyl sites for hydroxylation is 1. The van der Waals surface area contributed by atoms with E-state index < -0.39 is 24.1 Å². The number of nitrogens with zero attached hydrogens (tertiary/aromatic N) is 3. The number of halogens is 1. The topological polar surface area (TPSA) is 105 Å². The van der Waals surface area contributed by atoms with E-state index in [-0.39, 0.29) is 19.0 Å². The molecule has 28 heavy (non-hydrogen) atoms. The predicted octanol–water partition coefficient (Wildman–Crippen LogP) is 2.12. The standard InChI is InChI=1S/C18H21FN4O4S/c1-10(24)3-6-16-21-22-17(28-16)14-5-4-12(7-15(14)19)23-9-13(27-18(23)26)8-20-11(2)25/h4-5,7,10,13,24H,3,6,8-9H2,1-2H3,(H,20,25)/t10-,13-/m0/s1. The number of nitrogens with one attached hydrogen (secondary N) is 1. The monoisotopic (exact) mass is 408 g/mol. The van der Waals surface area contributed by atoms with Crippen LogP contribution in [-0.4, -0.2) is 52.6 Å². The number of amides is 2. The second-order valence-corrected chi connectivity index (χ2v) is 7.67. The Labute approximate surface area is 165 Å². The van der Waals surface area contributed by atoms with Gasteiger partial charge in [-0.15, -0.1) is 10.2 Å². The van der Waals surface area contributed by atoms with Crippen molar-refractivity contribution in [2.45, 2.75) is 38.9 Å². The average Bonchev–Trinajstić information content (AvgIpc) is 3.24. The highest BCUT2D eigenvalue weighted by Gasteiger charge is 2.32. The fraction of sp³-hybridized carbons (Fsp3) is 0.444. The van der Waals surface area contributed by atoms with Gasteiger partial charge in [-0.2, -0.15) is 0 Å². The van der Waals surface area contributed by atoms with Crippen LogP contribution in [0.15, 0.2) is 18.2 Å². The number of aliphatic hydroxyl groups excluding tert-OH is 1. The Morgan fingerprint density at radius 3 is 2.96 bits per heavy atom. The number of hydrogen-bond donors (Lipinski definition) is 2. The first-order valence-corrected chi connectivity index (χ1v) is 9.68. The highest BCUT2D eigenvalue weighted by Crippen LogP contribution is 2.31. The van der Waals surface area contributed by atoms with Crippen molar-refractivity contribution in [3.8, 4) is 10.6 Å². The number of rotatable bonds is 7. The molecule has 1 aliphatic rings. The van der Waals surface area contributed by atoms with Crippen molar-refractivity contribution in [2.75, 3.05) is 18.0 Å². The van der Waals surface area contributed by atoms with Crippen LogP contribution in [0, 0.1) is 5.82 Å². The molecule has 1 aliphatic heterocycles. The molecule has 10 heteroatoms. The van der Waals surface area contributed by atoms with Gasteiger partial charge in [-0.1, -0.05) is 11.3 Å². The van der Waals surface area contributed by atoms with Gasteiger partial charge in [0.05, 0.1) is 24.9 Å². The number of aromatic nitrogens is 2. The van der Waals surface area contributed by atoms with Crippen molar-refractivity contribution >= 4 is 29.0 Å². The van der Waals surface area contributed by atoms with Crippen LogP contribution in [0.5, 0.6) is 0 Å². The third-order valence-corrected chi connectivity index (χ3v) is 5.21. The number of hydrogen-bond acceptors (Lipinski definition) is 7. The summed E-state index contributed by atoms with van der Waals surface area (Å²) in [5.74, 6) is -0.733. The molecule has 2 atom stereocenters. The van der Waals surface area contributed by atoms with Gasteiger partial charge in [0.15, 0.2) is 5.01 Å². The molecule has 2 aromatic rings. The molecule has 150 valence electrons. The van der Waals surface area contributed by atoms with E-state index in [1.807, 2.05) is 0 Å². The molecule has 2 amide bonds. The molecule has 1 saturated heterocycles. The Morgan fingerprint density at radius 1 is 1.50 bits per heavy atom. The molecule has 1 aromatic carbocycles. The Hall–Kier alpha value is -2.59. The highest BCUT2D eigenvalue weighted by molar-refractivity contribution is 7.14. The third kappa shape index (κ3) is 4.82. The second kappa shape index (κ2) is 8.61. The van der Waals surface area contributed by atoms with Gasteiger partial charge < -0.3 is 15.2 Å². The fourth-order valence-corrected chi connectivity index (χ4v) is 3.62. The van der Waals surface area contributed by atoms with E-state index in [4.69, 9.17) is 4.74 Å². The van der Waals surface area contributed by atoms with Gasteiger partial charge in [-0.3, -0.25) is 9.69 Å². The summed E-state index contributed by atoms with van der Waals surface area (Å²) in [6.45, 7) is 3.51. The van der Waals surface area contributed by atoms with Crippen molar-refractivity contribution in [3.05, 3.63) is 29.0 Å². The Bertz CT molecular complexity index is 873. The van der Waals surface area contributed by atoms with Gasteiger partial charge in [0.25, 0.3) is 0 Å². The van der Waals surface area contributed by atoms with E-state index in [9.17, 15) is 19.1 Å². The van der Waals surface area contributed by atoms with Gasteiger partial charge in [0.1, 0.15) is 16.9 Å². The minimum absolute atomic E-state index is 0.207. The first-order valence-electron chi connectivity index (χ1n) is 8.86. The van der Waals surface area contributed by atoms with Crippen LogP contribution in [0.3, 0.4) is 0 Å². The van der Waals surface area contributed by atoms with Gasteiger partial charge in [0, 0.05) is 18.9 Å². The van der Waals surface area contributed by atoms with Gasteiger partial charge in [0.2, 0.25) is 5.91 Å². The third-order valence-electron chi connectivity index (χ3n) is 4.19. The maximum atomic E-state index is 14.7. The lowest BCUT2D eigenvalue weighted by molar-refractivity contribution is -0.119. The quantitative estimate of drug-likeness (QED) is 0.727. The Balaban J connectivity index is 1.70. The molecule has 0 aliphatic carbocycles. The SMILES string of the molecule is CC(=O)NC[C@H]1CN(c2ccc(-c3nnc(CC[C@H](C)O)s3)c(F)c2)C(=O)O1. The molecule has 1 aromatic heterocycles. The predicted molar refractivity (Wildman–Crippen MR) is 102 cm³/mol. The zero-order valence-corrected chi connectivity index (χ0v) is 16.3. The van der Waals surface area contributed by atoms with Crippen LogP contribution in [-0.2, 0) is 16.0 Å². The normalized spacial score (nSPS) is 17.5. The number of carbonyl (C=O) groups excluding carboxylic acids is 2. The number of aliphatic hydroxyl groups is 1. The molecule has 0 spiro atoms. The zero-order valence-electron chi connectivity index (χ0n) is 15.5. The summed E-state index contributed by atoms with van der Waals surface area (Å²) >= 11 is 1.27. The van der Waals surface area contributed by atoms with Crippen LogP contribution >= 0.6 is 11.3 Å². The second-order valence-electron chi connectivity index (χ2n) is 6.61. The lowest BCUT2D eigenvalue weighted by atomic mass is 10.2. The van der Waals surface area contributed by atoms with Crippen molar-refractivity contribution in [3.63, 3.8) is 0 Å². The molecule has 0 bridgehead atoms. The molecular formula is C18H21FN4O4S. The van der Waals surface area contributed by atoms with Crippen LogP contribution < -0.4 is 10.2 Å². The van der Waals surface area contributed by atoms with Crippen molar-refractivity contribution < 1.29 is 23.8 Å². The molecule has 2 heterocycles. The van der Waals surface area contributed by atoms with E-state index >= 15 is 0 Å². The first-order chi connectivity index (χ1) is 13.3. The summed E-state index contributed by atoms with van der Waals surface area (Å²) in [6, 6.07) is 4.43. The summed E-state index contributed by atoms with van der Waals surface area (Å²) in [6.07, 6.45) is -0.368. The van der Waals surface area contributed by atoms with E-state index in [0.29, 0.717) is 29.1 Å². The summed E-state index contributed by atoms with van der Waals surface area (Å²) in [5.41, 5.74) is 0.669. The van der Waals surface area contributed by atoms with Crippen LogP contribution in [0.2, 0.25) is 0 Å². The number of cyclic esters (lactones) is 1. The molecule has 0 saturated carbocycles. The molecule has 8 nitrogen and oxygen atoms in total. The van der Waals surface area contributed by atoms with E-state index in [1.54, 1.807) is 19.1 Å². The summed E-state index contributed by atoms with van der Waals surface area (Å²) in [4.78, 5) is 24.4. The smallest absolute Gasteiger partial charge is 0.414 e. The van der Waals surface area contributed by atoms with E-state index in [1.165, 1.54) is 29.2 Å². The molecular weight excluding hydrogens is 387 g/mol. The molecule has 0 unspecified atom stereocenters. The van der Waals surface area contributed by atoms with Gasteiger partial charge >= 0.3 is 6.09 Å². The van der Waals surface area contributed by atoms with E-state index in [2.05, 4.69) is 15.5 Å². The minimum Gasteiger partial charge on any atom is -0.442 e. The highest BCUT2D eigenvalue weighted by atomic mass is 32.1. The van der Waals surface area contributed by atoms with Crippen molar-refractivity contribution in [1.82, 2.24) is 15.5 Å². The zero-order chi connectivity index (χ0) is 20.3. The van der Waals surface area contributed by atoms with Crippen molar-refractivity contribution in [1.29, 1.82) is 0 Å². The van der Waals surface area contributed by atoms with Crippen LogP contribution in [0.1, 0.15) is 25.3 Å². The van der Waals surface area contributed by atoms with Crippen LogP contribution in [0.25, 0.3) is 10.6 Å². The van der Waals surface area contributed by atoms with E-state index in [0.717, 1.165) is 5.01 Å².